The third-order valence-corrected chi connectivity index (χ3v) is 3.89. The summed E-state index contributed by atoms with van der Waals surface area (Å²) in [5.74, 6) is 0.458. The van der Waals surface area contributed by atoms with E-state index in [0.717, 1.165) is 19.1 Å². The van der Waals surface area contributed by atoms with E-state index in [-0.39, 0.29) is 5.92 Å². The Labute approximate surface area is 109 Å². The zero-order valence-electron chi connectivity index (χ0n) is 11.1. The summed E-state index contributed by atoms with van der Waals surface area (Å²) in [6.45, 7) is 4.32. The first-order valence-corrected chi connectivity index (χ1v) is 6.74. The molecule has 2 aromatic carbocycles. The Balaban J connectivity index is 2.54. The standard InChI is InChI=1S/C17H20O/c1-3-13(4-2)17(12-18)16-11-7-9-14-8-5-6-10-15(14)16/h5-13,17H,3-4H2,1-2H3. The van der Waals surface area contributed by atoms with E-state index in [1.165, 1.54) is 16.3 Å². The number of carbonyl (C=O) groups is 1. The molecule has 0 aliphatic carbocycles. The van der Waals surface area contributed by atoms with Gasteiger partial charge in [0.2, 0.25) is 0 Å². The smallest absolute Gasteiger partial charge is 0.127 e. The van der Waals surface area contributed by atoms with Crippen molar-refractivity contribution in [2.45, 2.75) is 32.6 Å². The van der Waals surface area contributed by atoms with Crippen molar-refractivity contribution in [2.24, 2.45) is 5.92 Å². The number of hydrogen-bond donors (Lipinski definition) is 0. The Kier molecular flexibility index (Phi) is 4.14. The summed E-state index contributed by atoms with van der Waals surface area (Å²) in [6.07, 6.45) is 3.21. The second-order valence-electron chi connectivity index (χ2n) is 4.81. The zero-order valence-corrected chi connectivity index (χ0v) is 11.1. The first kappa shape index (κ1) is 12.8. The molecule has 0 aliphatic heterocycles. The van der Waals surface area contributed by atoms with Crippen molar-refractivity contribution in [3.05, 3.63) is 48.0 Å². The first-order valence-electron chi connectivity index (χ1n) is 6.74. The summed E-state index contributed by atoms with van der Waals surface area (Å²) in [4.78, 5) is 11.5. The second-order valence-corrected chi connectivity index (χ2v) is 4.81. The Morgan fingerprint density at radius 3 is 2.33 bits per heavy atom. The van der Waals surface area contributed by atoms with Crippen molar-refractivity contribution >= 4 is 17.1 Å². The van der Waals surface area contributed by atoms with Gasteiger partial charge in [-0.25, -0.2) is 0 Å². The van der Waals surface area contributed by atoms with Crippen LogP contribution in [0.3, 0.4) is 0 Å². The monoisotopic (exact) mass is 240 g/mol. The Morgan fingerprint density at radius 1 is 1.00 bits per heavy atom. The molecule has 0 saturated carbocycles. The summed E-state index contributed by atoms with van der Waals surface area (Å²) in [7, 11) is 0. The summed E-state index contributed by atoms with van der Waals surface area (Å²) in [5.41, 5.74) is 1.18. The van der Waals surface area contributed by atoms with Gasteiger partial charge in [0.15, 0.2) is 0 Å². The molecule has 0 aromatic heterocycles. The minimum absolute atomic E-state index is 0.0195. The van der Waals surface area contributed by atoms with Crippen molar-refractivity contribution in [2.75, 3.05) is 0 Å². The molecule has 94 valence electrons. The van der Waals surface area contributed by atoms with Gasteiger partial charge in [-0.2, -0.15) is 0 Å². The Hall–Kier alpha value is -1.63. The Bertz CT molecular complexity index is 521. The lowest BCUT2D eigenvalue weighted by atomic mass is 9.82. The quantitative estimate of drug-likeness (QED) is 0.700. The highest BCUT2D eigenvalue weighted by Crippen LogP contribution is 2.32. The lowest BCUT2D eigenvalue weighted by Gasteiger charge is -2.21. The molecule has 1 heteroatoms. The molecule has 1 nitrogen and oxygen atoms in total. The van der Waals surface area contributed by atoms with E-state index in [9.17, 15) is 4.79 Å². The van der Waals surface area contributed by atoms with Crippen molar-refractivity contribution in [3.63, 3.8) is 0 Å². The van der Waals surface area contributed by atoms with E-state index in [1.54, 1.807) is 0 Å². The van der Waals surface area contributed by atoms with Gasteiger partial charge in [-0.05, 0) is 22.3 Å². The summed E-state index contributed by atoms with van der Waals surface area (Å²) in [6, 6.07) is 14.6. The van der Waals surface area contributed by atoms with Gasteiger partial charge in [-0.3, -0.25) is 0 Å². The van der Waals surface area contributed by atoms with Crippen molar-refractivity contribution in [1.82, 2.24) is 0 Å². The molecule has 0 amide bonds. The van der Waals surface area contributed by atoms with Gasteiger partial charge in [0.05, 0.1) is 0 Å². The average Bonchev–Trinajstić information content (AvgIpc) is 2.44. The first-order chi connectivity index (χ1) is 8.81. The lowest BCUT2D eigenvalue weighted by molar-refractivity contribution is -0.110. The molecule has 0 heterocycles. The van der Waals surface area contributed by atoms with Gasteiger partial charge in [-0.15, -0.1) is 0 Å². The lowest BCUT2D eigenvalue weighted by Crippen LogP contribution is -2.13. The van der Waals surface area contributed by atoms with E-state index in [4.69, 9.17) is 0 Å². The summed E-state index contributed by atoms with van der Waals surface area (Å²) < 4.78 is 0. The molecule has 1 unspecified atom stereocenters. The van der Waals surface area contributed by atoms with Crippen molar-refractivity contribution in [1.29, 1.82) is 0 Å². The highest BCUT2D eigenvalue weighted by Gasteiger charge is 2.21. The number of hydrogen-bond acceptors (Lipinski definition) is 1. The number of aldehydes is 1. The minimum atomic E-state index is 0.0195. The molecule has 0 fully saturated rings. The van der Waals surface area contributed by atoms with Gasteiger partial charge in [0.1, 0.15) is 6.29 Å². The highest BCUT2D eigenvalue weighted by molar-refractivity contribution is 5.88. The maximum absolute atomic E-state index is 11.5. The molecular formula is C17H20O. The molecular weight excluding hydrogens is 220 g/mol. The molecule has 2 aromatic rings. The van der Waals surface area contributed by atoms with Gasteiger partial charge >= 0.3 is 0 Å². The molecule has 1 atom stereocenters. The molecule has 2 rings (SSSR count). The normalized spacial score (nSPS) is 12.8. The highest BCUT2D eigenvalue weighted by atomic mass is 16.1. The fraction of sp³-hybridized carbons (Fsp3) is 0.353. The molecule has 0 N–H and O–H groups in total. The van der Waals surface area contributed by atoms with Crippen LogP contribution in [0.2, 0.25) is 0 Å². The van der Waals surface area contributed by atoms with Crippen LogP contribution in [-0.4, -0.2) is 6.29 Å². The third kappa shape index (κ3) is 2.31. The van der Waals surface area contributed by atoms with Crippen LogP contribution in [-0.2, 0) is 4.79 Å². The Morgan fingerprint density at radius 2 is 1.67 bits per heavy atom. The van der Waals surface area contributed by atoms with Crippen LogP contribution in [0.4, 0.5) is 0 Å². The molecule has 0 aliphatic rings. The number of fused-ring (bicyclic) bond motifs is 1. The van der Waals surface area contributed by atoms with E-state index in [0.29, 0.717) is 5.92 Å². The predicted molar refractivity (Wildman–Crippen MR) is 76.8 cm³/mol. The van der Waals surface area contributed by atoms with Crippen LogP contribution < -0.4 is 0 Å². The summed E-state index contributed by atoms with van der Waals surface area (Å²) >= 11 is 0. The number of rotatable bonds is 5. The molecule has 18 heavy (non-hydrogen) atoms. The van der Waals surface area contributed by atoms with E-state index >= 15 is 0 Å². The van der Waals surface area contributed by atoms with E-state index in [2.05, 4.69) is 44.2 Å². The third-order valence-electron chi connectivity index (χ3n) is 3.89. The van der Waals surface area contributed by atoms with Gasteiger partial charge < -0.3 is 4.79 Å². The SMILES string of the molecule is CCC(CC)C(C=O)c1cccc2ccccc12. The number of carbonyl (C=O) groups excluding carboxylic acids is 1. The molecule has 0 radical (unpaired) electrons. The maximum Gasteiger partial charge on any atom is 0.127 e. The zero-order chi connectivity index (χ0) is 13.0. The predicted octanol–water partition coefficient (Wildman–Crippen LogP) is 4.56. The topological polar surface area (TPSA) is 17.1 Å². The van der Waals surface area contributed by atoms with Crippen LogP contribution in [0, 0.1) is 5.92 Å². The van der Waals surface area contributed by atoms with E-state index in [1.807, 2.05) is 12.1 Å². The number of benzene rings is 2. The van der Waals surface area contributed by atoms with Crippen molar-refractivity contribution < 1.29 is 4.79 Å². The van der Waals surface area contributed by atoms with Gasteiger partial charge in [0.25, 0.3) is 0 Å². The van der Waals surface area contributed by atoms with Gasteiger partial charge in [-0.1, -0.05) is 69.2 Å². The molecule has 0 bridgehead atoms. The minimum Gasteiger partial charge on any atom is -0.303 e. The van der Waals surface area contributed by atoms with Crippen LogP contribution in [0.1, 0.15) is 38.2 Å². The fourth-order valence-electron chi connectivity index (χ4n) is 2.78. The fourth-order valence-corrected chi connectivity index (χ4v) is 2.78. The van der Waals surface area contributed by atoms with Crippen LogP contribution in [0.5, 0.6) is 0 Å². The summed E-state index contributed by atoms with van der Waals surface area (Å²) in [5, 5.41) is 2.43. The average molecular weight is 240 g/mol. The van der Waals surface area contributed by atoms with Crippen LogP contribution in [0.25, 0.3) is 10.8 Å². The van der Waals surface area contributed by atoms with Gasteiger partial charge in [0, 0.05) is 5.92 Å². The molecule has 0 saturated heterocycles. The second kappa shape index (κ2) is 5.81. The maximum atomic E-state index is 11.5. The molecule has 0 spiro atoms. The van der Waals surface area contributed by atoms with Crippen LogP contribution >= 0.6 is 0 Å². The van der Waals surface area contributed by atoms with Crippen molar-refractivity contribution in [3.8, 4) is 0 Å². The largest absolute Gasteiger partial charge is 0.303 e. The van der Waals surface area contributed by atoms with E-state index < -0.39 is 0 Å². The van der Waals surface area contributed by atoms with Crippen LogP contribution in [0.15, 0.2) is 42.5 Å².